The van der Waals surface area contributed by atoms with Crippen LogP contribution in [0.15, 0.2) is 41.2 Å². The number of rotatable bonds is 2. The molecule has 2 aromatic carbocycles. The molecular formula is C15H10F2N2O2. The van der Waals surface area contributed by atoms with Gasteiger partial charge in [-0.1, -0.05) is 12.1 Å². The normalized spacial score (nSPS) is 10.8. The highest BCUT2D eigenvalue weighted by molar-refractivity contribution is 5.79. The lowest BCUT2D eigenvalue weighted by Gasteiger charge is -2.08. The highest BCUT2D eigenvalue weighted by Gasteiger charge is 2.19. The Morgan fingerprint density at radius 3 is 2.67 bits per heavy atom. The van der Waals surface area contributed by atoms with Gasteiger partial charge in [0.25, 0.3) is 5.56 Å². The minimum Gasteiger partial charge on any atom is -0.494 e. The molecule has 0 aliphatic heterocycles. The maximum atomic E-state index is 14.2. The number of hydrogen-bond donors (Lipinski definition) is 1. The number of nitrogens with one attached hydrogen (secondary N) is 1. The summed E-state index contributed by atoms with van der Waals surface area (Å²) in [6.45, 7) is 0. The lowest BCUT2D eigenvalue weighted by molar-refractivity contribution is 0.385. The third-order valence-corrected chi connectivity index (χ3v) is 3.13. The van der Waals surface area contributed by atoms with Gasteiger partial charge >= 0.3 is 0 Å². The van der Waals surface area contributed by atoms with Crippen LogP contribution >= 0.6 is 0 Å². The van der Waals surface area contributed by atoms with Gasteiger partial charge in [-0.15, -0.1) is 0 Å². The zero-order chi connectivity index (χ0) is 15.0. The maximum absolute atomic E-state index is 14.2. The van der Waals surface area contributed by atoms with Gasteiger partial charge in [-0.3, -0.25) is 4.79 Å². The van der Waals surface area contributed by atoms with E-state index in [-0.39, 0.29) is 11.6 Å². The highest BCUT2D eigenvalue weighted by Crippen LogP contribution is 2.29. The zero-order valence-electron chi connectivity index (χ0n) is 11.0. The van der Waals surface area contributed by atoms with E-state index in [0.29, 0.717) is 10.9 Å². The second kappa shape index (κ2) is 4.97. The van der Waals surface area contributed by atoms with E-state index in [1.54, 1.807) is 24.3 Å². The number of aromatic amines is 1. The molecule has 0 atom stereocenters. The molecule has 1 aromatic heterocycles. The van der Waals surface area contributed by atoms with E-state index in [4.69, 9.17) is 4.74 Å². The van der Waals surface area contributed by atoms with Crippen molar-refractivity contribution in [2.24, 2.45) is 0 Å². The average Bonchev–Trinajstić information content (AvgIpc) is 2.48. The third-order valence-electron chi connectivity index (χ3n) is 3.13. The summed E-state index contributed by atoms with van der Waals surface area (Å²) >= 11 is 0. The van der Waals surface area contributed by atoms with Gasteiger partial charge in [0.2, 0.25) is 0 Å². The molecular weight excluding hydrogens is 278 g/mol. The number of hydrogen-bond acceptors (Lipinski definition) is 3. The summed E-state index contributed by atoms with van der Waals surface area (Å²) in [5.41, 5.74) is -0.521. The summed E-state index contributed by atoms with van der Waals surface area (Å²) in [4.78, 5) is 18.5. The molecule has 0 unspecified atom stereocenters. The average molecular weight is 288 g/mol. The van der Waals surface area contributed by atoms with E-state index in [1.165, 1.54) is 13.2 Å². The Morgan fingerprint density at radius 2 is 1.90 bits per heavy atom. The van der Waals surface area contributed by atoms with Crippen molar-refractivity contribution in [1.29, 1.82) is 0 Å². The topological polar surface area (TPSA) is 55.0 Å². The molecule has 1 heterocycles. The number of ether oxygens (including phenoxy) is 1. The molecule has 21 heavy (non-hydrogen) atoms. The second-order valence-corrected chi connectivity index (χ2v) is 4.37. The Kier molecular flexibility index (Phi) is 3.13. The van der Waals surface area contributed by atoms with E-state index < -0.39 is 22.8 Å². The van der Waals surface area contributed by atoms with Crippen molar-refractivity contribution in [2.45, 2.75) is 0 Å². The van der Waals surface area contributed by atoms with Crippen LogP contribution in [0.2, 0.25) is 0 Å². The summed E-state index contributed by atoms with van der Waals surface area (Å²) in [5, 5.41) is 0.352. The number of methoxy groups -OCH3 is 1. The van der Waals surface area contributed by atoms with Crippen molar-refractivity contribution in [2.75, 3.05) is 7.11 Å². The maximum Gasteiger partial charge on any atom is 0.259 e. The van der Waals surface area contributed by atoms with E-state index >= 15 is 0 Å². The molecule has 1 N–H and O–H groups in total. The first-order valence-corrected chi connectivity index (χ1v) is 6.13. The minimum atomic E-state index is -0.907. The summed E-state index contributed by atoms with van der Waals surface area (Å²) in [6.07, 6.45) is 0. The predicted molar refractivity (Wildman–Crippen MR) is 74.3 cm³/mol. The van der Waals surface area contributed by atoms with Gasteiger partial charge in [-0.05, 0) is 24.3 Å². The Hall–Kier alpha value is -2.76. The van der Waals surface area contributed by atoms with E-state index in [2.05, 4.69) is 9.97 Å². The number of benzene rings is 2. The fourth-order valence-corrected chi connectivity index (χ4v) is 2.11. The fraction of sp³-hybridized carbons (Fsp3) is 0.0667. The van der Waals surface area contributed by atoms with Crippen LogP contribution in [0.1, 0.15) is 0 Å². The van der Waals surface area contributed by atoms with E-state index in [9.17, 15) is 13.6 Å². The molecule has 3 rings (SSSR count). The largest absolute Gasteiger partial charge is 0.494 e. The molecule has 0 aliphatic rings. The van der Waals surface area contributed by atoms with Gasteiger partial charge in [-0.25, -0.2) is 13.8 Å². The summed E-state index contributed by atoms with van der Waals surface area (Å²) in [7, 11) is 1.27. The molecule has 0 saturated carbocycles. The number of nitrogens with zero attached hydrogens (tertiary/aromatic N) is 1. The van der Waals surface area contributed by atoms with Crippen molar-refractivity contribution in [3.05, 3.63) is 58.4 Å². The van der Waals surface area contributed by atoms with Gasteiger partial charge in [0.15, 0.2) is 11.6 Å². The third kappa shape index (κ3) is 2.14. The number of aromatic nitrogens is 2. The summed E-state index contributed by atoms with van der Waals surface area (Å²) in [5.74, 6) is -2.03. The smallest absolute Gasteiger partial charge is 0.259 e. The van der Waals surface area contributed by atoms with Gasteiger partial charge in [0, 0.05) is 0 Å². The SMILES string of the molecule is COc1ccc(F)c(-c2nc3ccccc3c(=O)[nH]2)c1F. The molecule has 0 saturated heterocycles. The molecule has 106 valence electrons. The number of para-hydroxylation sites is 1. The lowest BCUT2D eigenvalue weighted by Crippen LogP contribution is -2.11. The summed E-state index contributed by atoms with van der Waals surface area (Å²) in [6, 6.07) is 8.80. The van der Waals surface area contributed by atoms with Crippen LogP contribution in [0.4, 0.5) is 8.78 Å². The summed E-state index contributed by atoms with van der Waals surface area (Å²) < 4.78 is 33.0. The van der Waals surface area contributed by atoms with Crippen LogP contribution in [0.3, 0.4) is 0 Å². The first kappa shape index (κ1) is 13.2. The van der Waals surface area contributed by atoms with Crippen molar-refractivity contribution in [3.63, 3.8) is 0 Å². The Bertz CT molecular complexity index is 890. The molecule has 0 amide bonds. The fourth-order valence-electron chi connectivity index (χ4n) is 2.11. The predicted octanol–water partition coefficient (Wildman–Crippen LogP) is 2.88. The van der Waals surface area contributed by atoms with Crippen molar-refractivity contribution < 1.29 is 13.5 Å². The first-order valence-electron chi connectivity index (χ1n) is 6.13. The van der Waals surface area contributed by atoms with Crippen LogP contribution in [0.5, 0.6) is 5.75 Å². The van der Waals surface area contributed by atoms with Crippen molar-refractivity contribution in [1.82, 2.24) is 9.97 Å². The van der Waals surface area contributed by atoms with Gasteiger partial charge in [0.05, 0.1) is 23.6 Å². The molecule has 4 nitrogen and oxygen atoms in total. The molecule has 0 bridgehead atoms. The Balaban J connectivity index is 2.33. The number of halogens is 2. The van der Waals surface area contributed by atoms with E-state index in [0.717, 1.165) is 6.07 Å². The Labute approximate surface area is 118 Å². The van der Waals surface area contributed by atoms with Gasteiger partial charge in [-0.2, -0.15) is 0 Å². The monoisotopic (exact) mass is 288 g/mol. The molecule has 6 heteroatoms. The van der Waals surface area contributed by atoms with Gasteiger partial charge < -0.3 is 9.72 Å². The standard InChI is InChI=1S/C15H10F2N2O2/c1-21-11-7-6-9(16)12(13(11)17)14-18-10-5-3-2-4-8(10)15(20)19-14/h2-7H,1H3,(H,18,19,20). The van der Waals surface area contributed by atoms with Crippen LogP contribution in [-0.2, 0) is 0 Å². The van der Waals surface area contributed by atoms with Crippen molar-refractivity contribution >= 4 is 10.9 Å². The zero-order valence-corrected chi connectivity index (χ0v) is 11.0. The number of H-pyrrole nitrogens is 1. The molecule has 0 aliphatic carbocycles. The molecule has 3 aromatic rings. The van der Waals surface area contributed by atoms with Crippen LogP contribution in [-0.4, -0.2) is 17.1 Å². The van der Waals surface area contributed by atoms with E-state index in [1.807, 2.05) is 0 Å². The number of fused-ring (bicyclic) bond motifs is 1. The molecule has 0 spiro atoms. The van der Waals surface area contributed by atoms with Gasteiger partial charge in [0.1, 0.15) is 11.6 Å². The molecule has 0 fully saturated rings. The molecule has 0 radical (unpaired) electrons. The minimum absolute atomic E-state index is 0.123. The van der Waals surface area contributed by atoms with Crippen LogP contribution < -0.4 is 10.3 Å². The Morgan fingerprint density at radius 1 is 1.14 bits per heavy atom. The van der Waals surface area contributed by atoms with Crippen molar-refractivity contribution in [3.8, 4) is 17.1 Å². The highest BCUT2D eigenvalue weighted by atomic mass is 19.1. The second-order valence-electron chi connectivity index (χ2n) is 4.37. The van der Waals surface area contributed by atoms with Crippen LogP contribution in [0, 0.1) is 11.6 Å². The van der Waals surface area contributed by atoms with Crippen LogP contribution in [0.25, 0.3) is 22.3 Å². The first-order chi connectivity index (χ1) is 10.1. The quantitative estimate of drug-likeness (QED) is 0.789. The lowest BCUT2D eigenvalue weighted by atomic mass is 10.1.